The van der Waals surface area contributed by atoms with Gasteiger partial charge in [-0.05, 0) is 94.8 Å². The minimum Gasteiger partial charge on any atom is -0.390 e. The van der Waals surface area contributed by atoms with Gasteiger partial charge in [0.2, 0.25) is 17.5 Å². The topological polar surface area (TPSA) is 660 Å². The van der Waals surface area contributed by atoms with Gasteiger partial charge in [-0.2, -0.15) is 64.8 Å². The quantitative estimate of drug-likeness (QED) is 0.0120. The average molecular weight is 1660 g/mol. The number of imidazole rings is 1. The number of unbranched alkanes of at least 4 members (excludes halogenated alkanes) is 5. The maximum atomic E-state index is 12.9. The van der Waals surface area contributed by atoms with E-state index < -0.39 is 157 Å². The fourth-order valence-electron chi connectivity index (χ4n) is 11.4. The van der Waals surface area contributed by atoms with E-state index in [0.717, 1.165) is 12.4 Å². The van der Waals surface area contributed by atoms with Crippen molar-refractivity contribution in [3.63, 3.8) is 0 Å². The van der Waals surface area contributed by atoms with Crippen molar-refractivity contribution in [3.05, 3.63) is 88.1 Å². The zero-order chi connectivity index (χ0) is 77.0. The lowest BCUT2D eigenvalue weighted by molar-refractivity contribution is -0.437. The Kier molecular flexibility index (Phi) is 27.5. The molecule has 15 N–H and O–H groups in total. The largest absolute Gasteiger partial charge is 0.490 e. The Morgan fingerprint density at radius 3 is 1.88 bits per heavy atom. The van der Waals surface area contributed by atoms with Crippen LogP contribution < -0.4 is 21.5 Å². The van der Waals surface area contributed by atoms with E-state index in [2.05, 4.69) is 50.9 Å². The number of nitrogens with two attached hydrogens (primary N) is 1. The normalized spacial score (nSPS) is 22.7. The van der Waals surface area contributed by atoms with Crippen LogP contribution in [0.3, 0.4) is 0 Å². The van der Waals surface area contributed by atoms with Crippen LogP contribution in [0.5, 0.6) is 0 Å². The van der Waals surface area contributed by atoms with Crippen LogP contribution in [-0.2, 0) is 119 Å². The molecule has 578 valence electrons. The van der Waals surface area contributed by atoms with Crippen LogP contribution in [0, 0.1) is 0 Å². The third-order valence-electron chi connectivity index (χ3n) is 15.9. The molecule has 4 aromatic rings. The number of hydrogen-bond donors (Lipinski definition) is 14. The summed E-state index contributed by atoms with van der Waals surface area (Å²) in [6.07, 6.45) is 3.69. The third kappa shape index (κ3) is 24.2. The Morgan fingerprint density at radius 2 is 1.28 bits per heavy atom. The van der Waals surface area contributed by atoms with Crippen molar-refractivity contribution < 1.29 is 158 Å². The molecule has 5 heterocycles. The Hall–Kier alpha value is -4.57. The lowest BCUT2D eigenvalue weighted by Crippen LogP contribution is -2.30. The summed E-state index contributed by atoms with van der Waals surface area (Å²) in [7, 11) is -55.9. The molecule has 0 radical (unpaired) electrons. The monoisotopic (exact) mass is 1660 g/mol. The number of nitrogens with one attached hydrogen (secondary N) is 2. The van der Waals surface area contributed by atoms with Crippen LogP contribution in [0.25, 0.3) is 11.2 Å². The van der Waals surface area contributed by atoms with Gasteiger partial charge in [-0.25, -0.2) is 32.4 Å². The molecule has 10 atom stereocenters. The molecule has 0 aliphatic carbocycles. The maximum absolute atomic E-state index is 12.9. The van der Waals surface area contributed by atoms with Gasteiger partial charge in [0.05, 0.1) is 47.5 Å². The van der Waals surface area contributed by atoms with Gasteiger partial charge in [0.1, 0.15) is 23.8 Å². The van der Waals surface area contributed by atoms with Crippen molar-refractivity contribution in [2.24, 2.45) is 0 Å². The Balaban J connectivity index is 0.864. The zero-order valence-corrected chi connectivity index (χ0v) is 62.9. The number of aromatic nitrogens is 4. The number of nitrogen functional groups attached to an aromatic ring is 1. The molecule has 0 spiro atoms. The van der Waals surface area contributed by atoms with Crippen molar-refractivity contribution >= 4 is 128 Å². The lowest BCUT2D eigenvalue weighted by atomic mass is 9.77. The van der Waals surface area contributed by atoms with E-state index in [-0.39, 0.29) is 87.6 Å². The van der Waals surface area contributed by atoms with Crippen LogP contribution in [0.4, 0.5) is 17.3 Å². The molecule has 1 saturated heterocycles. The predicted octanol–water partition coefficient (Wildman–Crippen LogP) is 5.04. The second-order valence-corrected chi connectivity index (χ2v) is 39.4. The number of nitrogens with zero attached hydrogens (tertiary/aromatic N) is 5. The Morgan fingerprint density at radius 1 is 0.728 bits per heavy atom. The third-order valence-corrected chi connectivity index (χ3v) is 28.4. The molecule has 3 aliphatic heterocycles. The number of anilines is 2. The predicted molar refractivity (Wildman–Crippen MR) is 357 cm³/mol. The van der Waals surface area contributed by atoms with E-state index in [4.69, 9.17) is 10.5 Å². The van der Waals surface area contributed by atoms with Gasteiger partial charge in [0.25, 0.3) is 46.0 Å². The van der Waals surface area contributed by atoms with Gasteiger partial charge in [0.15, 0.2) is 16.9 Å². The average Bonchev–Trinajstić information content (AvgIpc) is 1.59. The first-order valence-electron chi connectivity index (χ1n) is 30.3. The maximum Gasteiger partial charge on any atom is 0.490 e. The van der Waals surface area contributed by atoms with Crippen LogP contribution >= 0.6 is 46.9 Å². The van der Waals surface area contributed by atoms with E-state index in [1.807, 2.05) is 13.8 Å². The summed E-state index contributed by atoms with van der Waals surface area (Å²) >= 11 is 0. The van der Waals surface area contributed by atoms with Gasteiger partial charge in [-0.15, -0.1) is 0 Å². The second-order valence-electron chi connectivity index (χ2n) is 24.0. The molecule has 3 aliphatic rings. The number of hydrogen-bond acceptors (Lipinski definition) is 29. The lowest BCUT2D eigenvalue weighted by Gasteiger charge is -2.30. The first-order valence-corrected chi connectivity index (χ1v) is 45.4. The number of phosphoric ester groups is 2. The standard InChI is InChI=1S/C50H74N8O35P6S4/c1-49(2)35-19-17-34(103(83,84)85)29-38(35)57(24-13-27-101(77,78)79)41(49)14-11-15-42-50(3,36-28-33(102(80,81)82)18-20-37(36)56(42)23-12-26-100(74,75)76)21-8-6-7-16-43(60)52-22-9-4-5-10-25-86-94(62,63)89-96(66,67)91-98(70,71)93-99(72,73)92-97(68,69)90-95(64,65)87-31-40-39(59)30-44(88-40)58-32-53-45-46(58)54-48(51)55-47(45)61/h11,14-15,17-20,28-29,32,39-40,44,59H,4-10,12-13,16,21-27,30-31H2,1-3H3,(H13-,51,52,54,55,60,61,62,63,64,65,66,67,68,69,70,71,72,73,74,75,76,77,78,79,80,81,82,83,84,85)/p+1/t39-,40+,44+,50?/m0/s1. The molecular weight excluding hydrogens is 1590 g/mol. The zero-order valence-electron chi connectivity index (χ0n) is 54.3. The highest BCUT2D eigenvalue weighted by atomic mass is 32.2. The summed E-state index contributed by atoms with van der Waals surface area (Å²) < 4.78 is 247. The number of fused-ring (bicyclic) bond motifs is 3. The fraction of sp³-hybridized carbons (Fsp3) is 0.540. The minimum atomic E-state index is -6.59. The minimum absolute atomic E-state index is 0.0354. The molecule has 7 unspecified atom stereocenters. The van der Waals surface area contributed by atoms with E-state index in [1.165, 1.54) is 34.9 Å². The highest BCUT2D eigenvalue weighted by molar-refractivity contribution is 7.86. The van der Waals surface area contributed by atoms with Crippen molar-refractivity contribution in [1.29, 1.82) is 0 Å². The van der Waals surface area contributed by atoms with Crippen molar-refractivity contribution in [2.45, 2.75) is 137 Å². The number of rotatable bonds is 40. The van der Waals surface area contributed by atoms with Crippen LogP contribution in [0.2, 0.25) is 0 Å². The van der Waals surface area contributed by atoms with Crippen molar-refractivity contribution in [3.8, 4) is 0 Å². The molecule has 2 aromatic heterocycles. The molecule has 7 rings (SSSR count). The molecule has 53 heteroatoms. The summed E-state index contributed by atoms with van der Waals surface area (Å²) in [5, 5.41) is 13.2. The first-order chi connectivity index (χ1) is 47.2. The number of allylic oxidation sites excluding steroid dienone is 4. The number of carbonyl (C=O) groups excluding carboxylic acids is 1. The number of H-pyrrole nitrogens is 1. The molecule has 1 amide bonds. The number of benzene rings is 2. The van der Waals surface area contributed by atoms with Gasteiger partial charge in [-0.1, -0.05) is 31.8 Å². The van der Waals surface area contributed by atoms with Crippen LogP contribution in [0.15, 0.2) is 81.2 Å². The highest BCUT2D eigenvalue weighted by Gasteiger charge is 2.51. The van der Waals surface area contributed by atoms with Crippen molar-refractivity contribution in [2.75, 3.05) is 55.0 Å². The van der Waals surface area contributed by atoms with Gasteiger partial charge in [-0.3, -0.25) is 46.4 Å². The first kappa shape index (κ1) is 85.7. The molecule has 103 heavy (non-hydrogen) atoms. The van der Waals surface area contributed by atoms with E-state index >= 15 is 0 Å². The highest BCUT2D eigenvalue weighted by Crippen LogP contribution is 2.75. The van der Waals surface area contributed by atoms with E-state index in [9.17, 15) is 123 Å². The number of phosphoric acid groups is 6. The molecular formula is C50H75N8O35P6S4+. The summed E-state index contributed by atoms with van der Waals surface area (Å²) in [4.78, 5) is 95.5. The number of aliphatic hydroxyl groups is 1. The van der Waals surface area contributed by atoms with Crippen molar-refractivity contribution in [1.82, 2.24) is 24.8 Å². The number of ether oxygens (including phenoxy) is 1. The number of aliphatic hydroxyl groups excluding tert-OH is 1. The second kappa shape index (κ2) is 33.1. The summed E-state index contributed by atoms with van der Waals surface area (Å²) in [6.45, 7) is 3.66. The Labute approximate surface area is 587 Å². The molecule has 43 nitrogen and oxygen atoms in total. The molecule has 0 bridgehead atoms. The molecule has 1 fully saturated rings. The van der Waals surface area contributed by atoms with Crippen LogP contribution in [-0.4, -0.2) is 179 Å². The van der Waals surface area contributed by atoms with Crippen LogP contribution in [0.1, 0.15) is 115 Å². The van der Waals surface area contributed by atoms with E-state index in [1.54, 1.807) is 34.6 Å². The summed E-state index contributed by atoms with van der Waals surface area (Å²) in [6, 6.07) is 7.80. The Bertz CT molecular complexity index is 4820. The molecule has 0 saturated carbocycles. The number of amides is 1. The van der Waals surface area contributed by atoms with Gasteiger partial charge in [0, 0.05) is 66.9 Å². The summed E-state index contributed by atoms with van der Waals surface area (Å²) in [5.74, 6) is -1.97. The summed E-state index contributed by atoms with van der Waals surface area (Å²) in [5.41, 5.74) is 5.31. The van der Waals surface area contributed by atoms with Gasteiger partial charge >= 0.3 is 46.9 Å². The van der Waals surface area contributed by atoms with E-state index in [0.29, 0.717) is 66.0 Å². The fourth-order valence-corrected chi connectivity index (χ4v) is 21.3. The molecule has 2 aromatic carbocycles. The number of aromatic amines is 1. The smallest absolute Gasteiger partial charge is 0.390 e. The van der Waals surface area contributed by atoms with Gasteiger partial charge < -0.3 is 55.2 Å². The SMILES string of the molecule is CC1(C)C(C=CC=C2N(CCCS(=O)(=O)O)c3ccc(S(=O)(=O)O)cc3C2(C)CCCCCC(=O)NCCCCCCOP(=O)(O)OP(=O)(O)OP(=O)(O)OP(=O)(O)OP(=O)(O)OP(=O)(O)OC[C@H]2O[C@@H](n3cnc4c(=O)[nH]c(N)nc43)C[C@@H]2O)=[N+](CCCS(=O)(=O)O)c2cc(S(=O)(=O)O)ccc21. The number of carbonyl (C=O) groups is 1.